The zero-order valence-electron chi connectivity index (χ0n) is 8.21. The van der Waals surface area contributed by atoms with Gasteiger partial charge in [-0.15, -0.1) is 11.3 Å². The minimum atomic E-state index is 0.628. The van der Waals surface area contributed by atoms with E-state index in [9.17, 15) is 0 Å². The van der Waals surface area contributed by atoms with Crippen LogP contribution in [0.15, 0.2) is 5.16 Å². The first-order valence-corrected chi connectivity index (χ1v) is 7.23. The van der Waals surface area contributed by atoms with Gasteiger partial charge >= 0.3 is 0 Å². The normalized spacial score (nSPS) is 14.8. The lowest BCUT2D eigenvalue weighted by molar-refractivity contribution is 0.916. The number of hydrogen-bond donors (Lipinski definition) is 0. The number of aromatic nitrogens is 2. The molecule has 0 bridgehead atoms. The Morgan fingerprint density at radius 2 is 2.20 bits per heavy atom. The number of fused-ring (bicyclic) bond motifs is 3. The van der Waals surface area contributed by atoms with Crippen LogP contribution in [0.4, 0.5) is 0 Å². The van der Waals surface area contributed by atoms with Crippen molar-refractivity contribution in [1.29, 1.82) is 0 Å². The summed E-state index contributed by atoms with van der Waals surface area (Å²) in [6, 6.07) is 0. The van der Waals surface area contributed by atoms with E-state index in [4.69, 9.17) is 11.6 Å². The molecule has 2 heterocycles. The largest absolute Gasteiger partial charge is 0.211 e. The minimum Gasteiger partial charge on any atom is -0.211 e. The molecule has 0 aromatic carbocycles. The van der Waals surface area contributed by atoms with Crippen molar-refractivity contribution in [3.05, 3.63) is 15.6 Å². The second-order valence-electron chi connectivity index (χ2n) is 3.54. The number of halogens is 1. The molecule has 2 aromatic rings. The summed E-state index contributed by atoms with van der Waals surface area (Å²) in [5, 5.41) is 2.50. The molecule has 0 unspecified atom stereocenters. The number of rotatable bonds is 1. The Balaban J connectivity index is 2.34. The molecular formula is C10H9ClN2S2. The Kier molecular flexibility index (Phi) is 2.38. The second-order valence-corrected chi connectivity index (χ2v) is 5.75. The Hall–Kier alpha value is -0.320. The van der Waals surface area contributed by atoms with Crippen molar-refractivity contribution < 1.29 is 0 Å². The highest BCUT2D eigenvalue weighted by Crippen LogP contribution is 2.39. The maximum absolute atomic E-state index is 6.21. The predicted octanol–water partition coefficient (Wildman–Crippen LogP) is 3.56. The van der Waals surface area contributed by atoms with Crippen molar-refractivity contribution in [2.75, 3.05) is 6.26 Å². The molecule has 5 heteroatoms. The van der Waals surface area contributed by atoms with Crippen molar-refractivity contribution in [1.82, 2.24) is 9.97 Å². The lowest BCUT2D eigenvalue weighted by Gasteiger charge is -1.99. The van der Waals surface area contributed by atoms with Crippen molar-refractivity contribution in [3.63, 3.8) is 0 Å². The molecule has 0 spiro atoms. The lowest BCUT2D eigenvalue weighted by Crippen LogP contribution is -1.88. The number of thiophene rings is 1. The monoisotopic (exact) mass is 256 g/mol. The van der Waals surface area contributed by atoms with Gasteiger partial charge < -0.3 is 0 Å². The fraction of sp³-hybridized carbons (Fsp3) is 0.400. The summed E-state index contributed by atoms with van der Waals surface area (Å²) < 4.78 is 0. The first kappa shape index (κ1) is 9.87. The van der Waals surface area contributed by atoms with Gasteiger partial charge in [-0.1, -0.05) is 23.4 Å². The van der Waals surface area contributed by atoms with Gasteiger partial charge in [-0.25, -0.2) is 9.97 Å². The Morgan fingerprint density at radius 3 is 3.00 bits per heavy atom. The summed E-state index contributed by atoms with van der Waals surface area (Å²) in [6.45, 7) is 0. The molecule has 78 valence electrons. The molecule has 0 saturated carbocycles. The molecule has 15 heavy (non-hydrogen) atoms. The van der Waals surface area contributed by atoms with E-state index in [0.29, 0.717) is 5.15 Å². The van der Waals surface area contributed by atoms with Gasteiger partial charge in [0.2, 0.25) is 0 Å². The SMILES string of the molecule is CSc1nc(Cl)c2c3c(sc2n1)CCC3. The molecule has 0 radical (unpaired) electrons. The molecule has 0 aliphatic heterocycles. The number of thioether (sulfide) groups is 1. The predicted molar refractivity (Wildman–Crippen MR) is 66.2 cm³/mol. The van der Waals surface area contributed by atoms with E-state index in [0.717, 1.165) is 21.8 Å². The molecule has 0 atom stereocenters. The molecule has 0 saturated heterocycles. The average Bonchev–Trinajstić information content (AvgIpc) is 2.75. The van der Waals surface area contributed by atoms with Crippen LogP contribution < -0.4 is 0 Å². The Labute approximate surface area is 101 Å². The van der Waals surface area contributed by atoms with Gasteiger partial charge in [0.25, 0.3) is 0 Å². The van der Waals surface area contributed by atoms with Crippen molar-refractivity contribution >= 4 is 44.9 Å². The molecule has 1 aliphatic rings. The van der Waals surface area contributed by atoms with Gasteiger partial charge in [0, 0.05) is 4.88 Å². The van der Waals surface area contributed by atoms with Crippen LogP contribution in [0, 0.1) is 0 Å². The Bertz CT molecular complexity index is 536. The zero-order chi connectivity index (χ0) is 10.4. The van der Waals surface area contributed by atoms with Crippen molar-refractivity contribution in [2.24, 2.45) is 0 Å². The van der Waals surface area contributed by atoms with Crippen molar-refractivity contribution in [3.8, 4) is 0 Å². The van der Waals surface area contributed by atoms with Crippen LogP contribution in [0.1, 0.15) is 16.9 Å². The number of hydrogen-bond acceptors (Lipinski definition) is 4. The van der Waals surface area contributed by atoms with E-state index in [2.05, 4.69) is 9.97 Å². The van der Waals surface area contributed by atoms with Crippen LogP contribution >= 0.6 is 34.7 Å². The molecule has 3 rings (SSSR count). The third kappa shape index (κ3) is 1.47. The highest BCUT2D eigenvalue weighted by Gasteiger charge is 2.21. The van der Waals surface area contributed by atoms with Crippen LogP contribution in [0.5, 0.6) is 0 Å². The highest BCUT2D eigenvalue weighted by atomic mass is 35.5. The summed E-state index contributed by atoms with van der Waals surface area (Å²) >= 11 is 9.53. The fourth-order valence-electron chi connectivity index (χ4n) is 2.02. The van der Waals surface area contributed by atoms with Gasteiger partial charge in [-0.2, -0.15) is 0 Å². The Morgan fingerprint density at radius 1 is 1.33 bits per heavy atom. The lowest BCUT2D eigenvalue weighted by atomic mass is 10.2. The van der Waals surface area contributed by atoms with Gasteiger partial charge in [0.05, 0.1) is 5.39 Å². The van der Waals surface area contributed by atoms with Gasteiger partial charge in [-0.05, 0) is 31.1 Å². The van der Waals surface area contributed by atoms with E-state index < -0.39 is 0 Å². The highest BCUT2D eigenvalue weighted by molar-refractivity contribution is 7.98. The van der Waals surface area contributed by atoms with Gasteiger partial charge in [0.1, 0.15) is 9.98 Å². The first-order chi connectivity index (χ1) is 7.29. The van der Waals surface area contributed by atoms with E-state index in [-0.39, 0.29) is 0 Å². The third-order valence-corrected chi connectivity index (χ3v) is 4.69. The smallest absolute Gasteiger partial charge is 0.190 e. The number of nitrogens with zero attached hydrogens (tertiary/aromatic N) is 2. The van der Waals surface area contributed by atoms with E-state index in [1.165, 1.54) is 35.0 Å². The van der Waals surface area contributed by atoms with E-state index in [1.54, 1.807) is 11.3 Å². The third-order valence-electron chi connectivity index (χ3n) is 2.68. The summed E-state index contributed by atoms with van der Waals surface area (Å²) in [7, 11) is 0. The maximum atomic E-state index is 6.21. The molecule has 0 N–H and O–H groups in total. The molecule has 1 aliphatic carbocycles. The summed E-state index contributed by atoms with van der Waals surface area (Å²) in [5.41, 5.74) is 1.40. The second kappa shape index (κ2) is 3.61. The fourth-order valence-corrected chi connectivity index (χ4v) is 4.10. The van der Waals surface area contributed by atoms with E-state index >= 15 is 0 Å². The topological polar surface area (TPSA) is 25.8 Å². The first-order valence-electron chi connectivity index (χ1n) is 4.81. The van der Waals surface area contributed by atoms with Crippen LogP contribution in [-0.4, -0.2) is 16.2 Å². The van der Waals surface area contributed by atoms with Crippen LogP contribution in [-0.2, 0) is 12.8 Å². The molecule has 2 nitrogen and oxygen atoms in total. The quantitative estimate of drug-likeness (QED) is 0.443. The average molecular weight is 257 g/mol. The van der Waals surface area contributed by atoms with Crippen LogP contribution in [0.3, 0.4) is 0 Å². The van der Waals surface area contributed by atoms with Gasteiger partial charge in [-0.3, -0.25) is 0 Å². The summed E-state index contributed by atoms with van der Waals surface area (Å²) in [5.74, 6) is 0. The van der Waals surface area contributed by atoms with Crippen LogP contribution in [0.2, 0.25) is 5.15 Å². The molecule has 0 fully saturated rings. The molecule has 2 aromatic heterocycles. The van der Waals surface area contributed by atoms with Gasteiger partial charge in [0.15, 0.2) is 5.16 Å². The van der Waals surface area contributed by atoms with E-state index in [1.807, 2.05) is 6.26 Å². The zero-order valence-corrected chi connectivity index (χ0v) is 10.6. The molecule has 0 amide bonds. The van der Waals surface area contributed by atoms with Crippen LogP contribution in [0.25, 0.3) is 10.2 Å². The standard InChI is InChI=1S/C10H9ClN2S2/c1-14-10-12-8(11)7-5-3-2-4-6(5)15-9(7)13-10/h2-4H2,1H3. The minimum absolute atomic E-state index is 0.628. The molecular weight excluding hydrogens is 248 g/mol. The maximum Gasteiger partial charge on any atom is 0.190 e. The number of aryl methyl sites for hydroxylation is 2. The summed E-state index contributed by atoms with van der Waals surface area (Å²) in [4.78, 5) is 11.3. The van der Waals surface area contributed by atoms with Crippen molar-refractivity contribution in [2.45, 2.75) is 24.4 Å². The summed E-state index contributed by atoms with van der Waals surface area (Å²) in [6.07, 6.45) is 5.54.